The molecule has 3 amide bonds. The van der Waals surface area contributed by atoms with Crippen LogP contribution in [0.15, 0.2) is 36.5 Å². The maximum atomic E-state index is 13.3. The predicted octanol–water partition coefficient (Wildman–Crippen LogP) is 2.52. The first-order chi connectivity index (χ1) is 15.0. The molecule has 0 aliphatic carbocycles. The molecule has 0 radical (unpaired) electrons. The lowest BCUT2D eigenvalue weighted by molar-refractivity contribution is 0.0298. The number of pyridine rings is 1. The Morgan fingerprint density at radius 1 is 1.10 bits per heavy atom. The molecule has 0 bridgehead atoms. The van der Waals surface area contributed by atoms with Crippen LogP contribution in [-0.4, -0.2) is 72.2 Å². The summed E-state index contributed by atoms with van der Waals surface area (Å²) < 4.78 is 37.9. The van der Waals surface area contributed by atoms with Gasteiger partial charge in [0.05, 0.1) is 19.8 Å². The third-order valence-corrected chi connectivity index (χ3v) is 5.12. The number of halogens is 2. The number of nitrogens with one attached hydrogen (secondary N) is 1. The van der Waals surface area contributed by atoms with Gasteiger partial charge in [0.2, 0.25) is 5.88 Å². The van der Waals surface area contributed by atoms with Crippen molar-refractivity contribution in [1.82, 2.24) is 14.8 Å². The van der Waals surface area contributed by atoms with E-state index < -0.39 is 17.7 Å². The highest BCUT2D eigenvalue weighted by Gasteiger charge is 2.30. The van der Waals surface area contributed by atoms with Crippen molar-refractivity contribution in [2.75, 3.05) is 44.7 Å². The fraction of sp³-hybridized carbons (Fsp3) is 0.381. The number of likely N-dealkylation sites (tertiary alicyclic amines) is 1. The minimum absolute atomic E-state index is 0.0370. The quantitative estimate of drug-likeness (QED) is 0.803. The van der Waals surface area contributed by atoms with Gasteiger partial charge in [0.15, 0.2) is 0 Å². The van der Waals surface area contributed by atoms with Crippen LogP contribution in [0.25, 0.3) is 0 Å². The fourth-order valence-corrected chi connectivity index (χ4v) is 3.58. The van der Waals surface area contributed by atoms with E-state index in [0.717, 1.165) is 18.2 Å². The average Bonchev–Trinajstić information content (AvgIpc) is 3.22. The lowest BCUT2D eigenvalue weighted by atomic mass is 10.2. The number of carbonyl (C=O) groups is 2. The van der Waals surface area contributed by atoms with Gasteiger partial charge in [-0.15, -0.1) is 0 Å². The Bertz CT molecular complexity index is 948. The van der Waals surface area contributed by atoms with E-state index in [9.17, 15) is 18.4 Å². The molecule has 10 heteroatoms. The number of amides is 3. The Morgan fingerprint density at radius 3 is 2.58 bits per heavy atom. The molecule has 2 aliphatic rings. The first-order valence-electron chi connectivity index (χ1n) is 10.0. The zero-order chi connectivity index (χ0) is 21.8. The van der Waals surface area contributed by atoms with E-state index in [4.69, 9.17) is 9.47 Å². The number of morpholine rings is 1. The maximum Gasteiger partial charge on any atom is 0.321 e. The van der Waals surface area contributed by atoms with E-state index in [1.165, 1.54) is 4.90 Å². The molecular weight excluding hydrogens is 410 g/mol. The van der Waals surface area contributed by atoms with Crippen molar-refractivity contribution < 1.29 is 27.8 Å². The normalized spacial score (nSPS) is 18.7. The molecule has 3 heterocycles. The van der Waals surface area contributed by atoms with Gasteiger partial charge in [0, 0.05) is 44.0 Å². The first kappa shape index (κ1) is 21.0. The molecule has 2 fully saturated rings. The summed E-state index contributed by atoms with van der Waals surface area (Å²) in [5.41, 5.74) is 0.400. The second kappa shape index (κ2) is 9.25. The Morgan fingerprint density at radius 2 is 1.84 bits per heavy atom. The van der Waals surface area contributed by atoms with Crippen LogP contribution in [0.3, 0.4) is 0 Å². The van der Waals surface area contributed by atoms with Crippen LogP contribution in [0.5, 0.6) is 5.88 Å². The average molecular weight is 432 g/mol. The summed E-state index contributed by atoms with van der Waals surface area (Å²) in [4.78, 5) is 32.7. The highest BCUT2D eigenvalue weighted by atomic mass is 19.1. The van der Waals surface area contributed by atoms with Crippen molar-refractivity contribution in [3.8, 4) is 5.88 Å². The zero-order valence-corrected chi connectivity index (χ0v) is 16.7. The van der Waals surface area contributed by atoms with Crippen LogP contribution in [0.4, 0.5) is 19.3 Å². The van der Waals surface area contributed by atoms with Gasteiger partial charge in [-0.05, 0) is 24.3 Å². The minimum Gasteiger partial charge on any atom is -0.472 e. The maximum absolute atomic E-state index is 13.3. The molecule has 0 saturated carbocycles. The van der Waals surface area contributed by atoms with Crippen LogP contribution >= 0.6 is 0 Å². The number of hydrogen-bond donors (Lipinski definition) is 1. The number of ether oxygens (including phenoxy) is 2. The predicted molar refractivity (Wildman–Crippen MR) is 107 cm³/mol. The zero-order valence-electron chi connectivity index (χ0n) is 16.7. The number of nitrogens with zero attached hydrogens (tertiary/aromatic N) is 3. The van der Waals surface area contributed by atoms with Crippen molar-refractivity contribution >= 4 is 17.6 Å². The summed E-state index contributed by atoms with van der Waals surface area (Å²) in [7, 11) is 0. The molecule has 1 unspecified atom stereocenters. The lowest BCUT2D eigenvalue weighted by Gasteiger charge is -2.27. The van der Waals surface area contributed by atoms with Crippen LogP contribution in [0.2, 0.25) is 0 Å². The Balaban J connectivity index is 1.38. The molecule has 1 aromatic heterocycles. The molecule has 2 aliphatic heterocycles. The number of carbonyl (C=O) groups excluding carboxylic acids is 2. The van der Waals surface area contributed by atoms with E-state index in [-0.39, 0.29) is 30.1 Å². The lowest BCUT2D eigenvalue weighted by Crippen LogP contribution is -2.41. The molecule has 4 rings (SSSR count). The highest BCUT2D eigenvalue weighted by Crippen LogP contribution is 2.23. The van der Waals surface area contributed by atoms with Crippen molar-refractivity contribution in [1.29, 1.82) is 0 Å². The van der Waals surface area contributed by atoms with Gasteiger partial charge in [-0.1, -0.05) is 0 Å². The number of rotatable bonds is 4. The standard InChI is InChI=1S/C21H22F2N4O4/c22-14-10-15(23)12-16(11-14)25-21(29)27-5-3-17(13-27)31-19-18(2-1-4-24-19)20(28)26-6-8-30-9-7-26/h1-2,4,10-12,17H,3,5-9,13H2,(H,25,29). The van der Waals surface area contributed by atoms with Gasteiger partial charge >= 0.3 is 6.03 Å². The fourth-order valence-electron chi connectivity index (χ4n) is 3.58. The second-order valence-electron chi connectivity index (χ2n) is 7.32. The van der Waals surface area contributed by atoms with E-state index in [0.29, 0.717) is 44.8 Å². The summed E-state index contributed by atoms with van der Waals surface area (Å²) in [5, 5.41) is 2.49. The van der Waals surface area contributed by atoms with E-state index in [1.54, 1.807) is 23.2 Å². The largest absolute Gasteiger partial charge is 0.472 e. The number of benzene rings is 1. The van der Waals surface area contributed by atoms with E-state index in [1.807, 2.05) is 0 Å². The van der Waals surface area contributed by atoms with Crippen molar-refractivity contribution in [2.24, 2.45) is 0 Å². The molecule has 1 atom stereocenters. The highest BCUT2D eigenvalue weighted by molar-refractivity contribution is 5.96. The van der Waals surface area contributed by atoms with Gasteiger partial charge < -0.3 is 24.6 Å². The summed E-state index contributed by atoms with van der Waals surface area (Å²) in [6, 6.07) is 5.68. The molecule has 164 valence electrons. The SMILES string of the molecule is O=C(Nc1cc(F)cc(F)c1)N1CCC(Oc2ncccc2C(=O)N2CCOCC2)C1. The van der Waals surface area contributed by atoms with Crippen molar-refractivity contribution in [3.63, 3.8) is 0 Å². The van der Waals surface area contributed by atoms with E-state index in [2.05, 4.69) is 10.3 Å². The van der Waals surface area contributed by atoms with Crippen LogP contribution in [0.1, 0.15) is 16.8 Å². The second-order valence-corrected chi connectivity index (χ2v) is 7.32. The minimum atomic E-state index is -0.773. The van der Waals surface area contributed by atoms with Crippen LogP contribution in [-0.2, 0) is 4.74 Å². The number of hydrogen-bond acceptors (Lipinski definition) is 5. The van der Waals surface area contributed by atoms with Crippen LogP contribution < -0.4 is 10.1 Å². The smallest absolute Gasteiger partial charge is 0.321 e. The number of aromatic nitrogens is 1. The summed E-state index contributed by atoms with van der Waals surface area (Å²) in [6.45, 7) is 2.64. The molecule has 31 heavy (non-hydrogen) atoms. The van der Waals surface area contributed by atoms with Gasteiger partial charge in [0.1, 0.15) is 23.3 Å². The van der Waals surface area contributed by atoms with Gasteiger partial charge in [-0.3, -0.25) is 4.79 Å². The molecular formula is C21H22F2N4O4. The van der Waals surface area contributed by atoms with E-state index >= 15 is 0 Å². The Hall–Kier alpha value is -3.27. The summed E-state index contributed by atoms with van der Waals surface area (Å²) in [6.07, 6.45) is 1.72. The number of urea groups is 1. The third-order valence-electron chi connectivity index (χ3n) is 5.12. The van der Waals surface area contributed by atoms with Gasteiger partial charge in [-0.25, -0.2) is 18.6 Å². The van der Waals surface area contributed by atoms with Crippen molar-refractivity contribution in [3.05, 3.63) is 53.7 Å². The van der Waals surface area contributed by atoms with Crippen molar-refractivity contribution in [2.45, 2.75) is 12.5 Å². The summed E-state index contributed by atoms with van der Waals surface area (Å²) >= 11 is 0. The Labute approximate surface area is 177 Å². The van der Waals surface area contributed by atoms with Gasteiger partial charge in [0.25, 0.3) is 5.91 Å². The molecule has 8 nitrogen and oxygen atoms in total. The molecule has 2 saturated heterocycles. The summed E-state index contributed by atoms with van der Waals surface area (Å²) in [5.74, 6) is -1.50. The number of anilines is 1. The topological polar surface area (TPSA) is 84.0 Å². The Kier molecular flexibility index (Phi) is 6.26. The third kappa shape index (κ3) is 5.08. The molecule has 1 N–H and O–H groups in total. The monoisotopic (exact) mass is 432 g/mol. The molecule has 1 aromatic carbocycles. The molecule has 2 aromatic rings. The van der Waals surface area contributed by atoms with Gasteiger partial charge in [-0.2, -0.15) is 0 Å². The molecule has 0 spiro atoms. The van der Waals surface area contributed by atoms with Crippen LogP contribution in [0, 0.1) is 11.6 Å². The first-order valence-corrected chi connectivity index (χ1v) is 10.0.